The molecule has 0 radical (unpaired) electrons. The van der Waals surface area contributed by atoms with Gasteiger partial charge in [0.25, 0.3) is 11.8 Å². The molecule has 0 saturated carbocycles. The summed E-state index contributed by atoms with van der Waals surface area (Å²) in [5.41, 5.74) is 3.94. The number of phenols is 1. The third-order valence-electron chi connectivity index (χ3n) is 12.1. The monoisotopic (exact) mass is 813 g/mol. The van der Waals surface area contributed by atoms with Gasteiger partial charge in [-0.2, -0.15) is 0 Å². The molecule has 3 fully saturated rings. The molecule has 1 unspecified atom stereocenters. The lowest BCUT2D eigenvalue weighted by atomic mass is 9.80. The summed E-state index contributed by atoms with van der Waals surface area (Å²) >= 11 is 1.51. The van der Waals surface area contributed by atoms with Crippen LogP contribution in [0.1, 0.15) is 52.8 Å². The van der Waals surface area contributed by atoms with Crippen LogP contribution in [0.2, 0.25) is 0 Å². The Morgan fingerprint density at radius 3 is 2.15 bits per heavy atom. The number of carbonyl (C=O) groups excluding carboxylic acids is 4. The summed E-state index contributed by atoms with van der Waals surface area (Å²) in [4.78, 5) is 59.6. The number of amides is 4. The molecule has 302 valence electrons. The second kappa shape index (κ2) is 16.1. The Labute approximate surface area is 345 Å². The van der Waals surface area contributed by atoms with Crippen molar-refractivity contribution in [3.05, 3.63) is 96.1 Å². The molecule has 4 amide bonds. The number of carbonyl (C=O) groups is 4. The summed E-state index contributed by atoms with van der Waals surface area (Å²) in [6, 6.07) is 24.9. The van der Waals surface area contributed by atoms with Gasteiger partial charge >= 0.3 is 7.12 Å². The summed E-state index contributed by atoms with van der Waals surface area (Å²) in [5.74, 6) is 0.260. The number of ether oxygens (including phenoxy) is 1. The first-order valence-electron chi connectivity index (χ1n) is 20.2. The van der Waals surface area contributed by atoms with Crippen LogP contribution in [0.15, 0.2) is 84.9 Å². The Bertz CT molecular complexity index is 2420. The molecule has 59 heavy (non-hydrogen) atoms. The molecule has 0 spiro atoms. The van der Waals surface area contributed by atoms with Gasteiger partial charge in [0.2, 0.25) is 11.8 Å². The van der Waals surface area contributed by atoms with Gasteiger partial charge in [0.15, 0.2) is 5.75 Å². The third kappa shape index (κ3) is 7.78. The SMILES string of the molecule is O=C1CCC(N2C(=O)c3ccc(N4CCN(CCC5CCN(c6ccc(Oc7c(-c8ccc(B(O)O)cc8)sc8cc(O)ccc78)cc6)CC5)CC4)cc3C2=O)C(=O)N1. The van der Waals surface area contributed by atoms with Crippen molar-refractivity contribution in [1.29, 1.82) is 0 Å². The summed E-state index contributed by atoms with van der Waals surface area (Å²) in [5, 5.41) is 32.4. The maximum absolute atomic E-state index is 13.3. The Morgan fingerprint density at radius 1 is 0.746 bits per heavy atom. The number of rotatable bonds is 10. The Kier molecular flexibility index (Phi) is 10.6. The molecule has 5 heterocycles. The molecule has 4 aliphatic heterocycles. The molecule has 1 aromatic heterocycles. The van der Waals surface area contributed by atoms with Gasteiger partial charge in [-0.25, -0.2) is 0 Å². The molecule has 0 bridgehead atoms. The zero-order valence-electron chi connectivity index (χ0n) is 32.4. The fourth-order valence-electron chi connectivity index (χ4n) is 8.73. The van der Waals surface area contributed by atoms with E-state index < -0.39 is 36.8 Å². The molecule has 4 aromatic carbocycles. The van der Waals surface area contributed by atoms with E-state index in [1.807, 2.05) is 36.4 Å². The smallest absolute Gasteiger partial charge is 0.488 e. The number of fused-ring (bicyclic) bond motifs is 2. The fraction of sp³-hybridized carbons (Fsp3) is 0.318. The highest BCUT2D eigenvalue weighted by Crippen LogP contribution is 2.47. The number of piperazine rings is 1. The molecule has 5 aromatic rings. The van der Waals surface area contributed by atoms with E-state index in [0.29, 0.717) is 34.0 Å². The van der Waals surface area contributed by atoms with Crippen LogP contribution in [0.4, 0.5) is 11.4 Å². The first-order valence-corrected chi connectivity index (χ1v) is 21.0. The first kappa shape index (κ1) is 38.8. The number of hydrogen-bond acceptors (Lipinski definition) is 12. The van der Waals surface area contributed by atoms with E-state index in [1.54, 1.807) is 36.4 Å². The zero-order chi connectivity index (χ0) is 40.8. The van der Waals surface area contributed by atoms with Crippen LogP contribution in [0.5, 0.6) is 17.2 Å². The van der Waals surface area contributed by atoms with Crippen molar-refractivity contribution in [2.45, 2.75) is 38.1 Å². The number of imide groups is 2. The van der Waals surface area contributed by atoms with Crippen molar-refractivity contribution < 1.29 is 39.1 Å². The average Bonchev–Trinajstić information content (AvgIpc) is 3.72. The summed E-state index contributed by atoms with van der Waals surface area (Å²) in [7, 11) is -1.54. The quantitative estimate of drug-likeness (QED) is 0.115. The number of hydrogen-bond donors (Lipinski definition) is 4. The maximum Gasteiger partial charge on any atom is 0.488 e. The Morgan fingerprint density at radius 2 is 1.44 bits per heavy atom. The molecule has 13 nitrogen and oxygen atoms in total. The zero-order valence-corrected chi connectivity index (χ0v) is 33.2. The Balaban J connectivity index is 0.757. The van der Waals surface area contributed by atoms with Crippen LogP contribution in [0, 0.1) is 5.92 Å². The summed E-state index contributed by atoms with van der Waals surface area (Å²) in [6.45, 7) is 6.45. The second-order valence-electron chi connectivity index (χ2n) is 15.8. The predicted molar refractivity (Wildman–Crippen MR) is 227 cm³/mol. The van der Waals surface area contributed by atoms with Crippen molar-refractivity contribution in [3.63, 3.8) is 0 Å². The minimum absolute atomic E-state index is 0.0927. The van der Waals surface area contributed by atoms with Crippen LogP contribution in [0.3, 0.4) is 0 Å². The minimum Gasteiger partial charge on any atom is -0.508 e. The predicted octanol–water partition coefficient (Wildman–Crippen LogP) is 4.58. The molecular formula is C44H44BN5O8S. The van der Waals surface area contributed by atoms with E-state index in [-0.39, 0.29) is 18.6 Å². The fourth-order valence-corrected chi connectivity index (χ4v) is 9.90. The maximum atomic E-state index is 13.3. The number of anilines is 2. The number of nitrogens with one attached hydrogen (secondary N) is 1. The van der Waals surface area contributed by atoms with Gasteiger partial charge < -0.3 is 29.7 Å². The van der Waals surface area contributed by atoms with Crippen molar-refractivity contribution in [2.24, 2.45) is 5.92 Å². The molecular weight excluding hydrogens is 769 g/mol. The highest BCUT2D eigenvalue weighted by atomic mass is 32.1. The summed E-state index contributed by atoms with van der Waals surface area (Å²) < 4.78 is 7.42. The normalized spacial score (nSPS) is 19.1. The molecule has 0 aliphatic carbocycles. The second-order valence-corrected chi connectivity index (χ2v) is 16.8. The van der Waals surface area contributed by atoms with Gasteiger partial charge in [-0.1, -0.05) is 24.3 Å². The lowest BCUT2D eigenvalue weighted by Crippen LogP contribution is -2.54. The lowest BCUT2D eigenvalue weighted by molar-refractivity contribution is -0.136. The van der Waals surface area contributed by atoms with Crippen molar-refractivity contribution in [2.75, 3.05) is 55.6 Å². The third-order valence-corrected chi connectivity index (χ3v) is 13.3. The van der Waals surface area contributed by atoms with Gasteiger partial charge in [0, 0.05) is 67.2 Å². The van der Waals surface area contributed by atoms with Crippen molar-refractivity contribution >= 4 is 69.0 Å². The van der Waals surface area contributed by atoms with Gasteiger partial charge in [-0.15, -0.1) is 11.3 Å². The number of piperidine rings is 2. The van der Waals surface area contributed by atoms with Gasteiger partial charge in [0.05, 0.1) is 16.0 Å². The topological polar surface area (TPSA) is 163 Å². The van der Waals surface area contributed by atoms with Gasteiger partial charge in [0.1, 0.15) is 17.5 Å². The number of phenolic OH excluding ortho intramolecular Hbond substituents is 1. The lowest BCUT2D eigenvalue weighted by Gasteiger charge is -2.38. The minimum atomic E-state index is -1.54. The van der Waals surface area contributed by atoms with Gasteiger partial charge in [-0.05, 0) is 110 Å². The van der Waals surface area contributed by atoms with Crippen LogP contribution in [0.25, 0.3) is 20.5 Å². The highest BCUT2D eigenvalue weighted by Gasteiger charge is 2.45. The number of aromatic hydroxyl groups is 1. The first-order chi connectivity index (χ1) is 28.6. The number of nitrogens with zero attached hydrogens (tertiary/aromatic N) is 4. The largest absolute Gasteiger partial charge is 0.508 e. The Hall–Kier alpha value is -5.74. The van der Waals surface area contributed by atoms with Crippen LogP contribution in [-0.4, -0.2) is 108 Å². The molecule has 15 heteroatoms. The molecule has 3 saturated heterocycles. The average molecular weight is 814 g/mol. The molecule has 9 rings (SSSR count). The van der Waals surface area contributed by atoms with E-state index in [4.69, 9.17) is 4.74 Å². The number of thiophene rings is 1. The van der Waals surface area contributed by atoms with E-state index in [1.165, 1.54) is 11.3 Å². The summed E-state index contributed by atoms with van der Waals surface area (Å²) in [6.07, 6.45) is 3.62. The van der Waals surface area contributed by atoms with E-state index in [9.17, 15) is 34.3 Å². The highest BCUT2D eigenvalue weighted by molar-refractivity contribution is 7.22. The van der Waals surface area contributed by atoms with Crippen molar-refractivity contribution in [1.82, 2.24) is 15.1 Å². The van der Waals surface area contributed by atoms with E-state index in [0.717, 1.165) is 102 Å². The molecule has 1 atom stereocenters. The van der Waals surface area contributed by atoms with E-state index >= 15 is 0 Å². The van der Waals surface area contributed by atoms with Crippen LogP contribution in [-0.2, 0) is 9.59 Å². The van der Waals surface area contributed by atoms with Crippen LogP contribution >= 0.6 is 11.3 Å². The number of benzene rings is 4. The van der Waals surface area contributed by atoms with Crippen molar-refractivity contribution in [3.8, 4) is 27.7 Å². The van der Waals surface area contributed by atoms with E-state index in [2.05, 4.69) is 32.1 Å². The van der Waals surface area contributed by atoms with Crippen LogP contribution < -0.4 is 25.3 Å². The standard InChI is InChI=1S/C44H44BN5O8S/c51-32-8-12-35-38(26-32)59-41(28-1-3-29(4-2-28)45(56)57)40(35)58-33-9-5-30(6-10-33)48-19-16-27(17-20-48)15-18-47-21-23-49(24-22-47)31-7-11-34-36(25-31)44(55)50(43(34)54)37-13-14-39(52)46-42(37)53/h1-12,25-27,37,51,56-57H,13-24H2,(H,46,52,53). The van der Waals surface area contributed by atoms with Gasteiger partial charge in [-0.3, -0.25) is 34.3 Å². The molecule has 4 N–H and O–H groups in total. The molecule has 4 aliphatic rings.